The Hall–Kier alpha value is -0.310. The highest BCUT2D eigenvalue weighted by Crippen LogP contribution is 2.60. The highest BCUT2D eigenvalue weighted by Gasteiger charge is 2.34. The van der Waals surface area contributed by atoms with Crippen LogP contribution in [0.3, 0.4) is 0 Å². The van der Waals surface area contributed by atoms with E-state index in [9.17, 15) is 4.57 Å². The molecule has 1 rings (SSSR count). The normalized spacial score (nSPS) is 16.2. The summed E-state index contributed by atoms with van der Waals surface area (Å²) in [6.45, 7) is 7.70. The van der Waals surface area contributed by atoms with E-state index >= 15 is 0 Å². The lowest BCUT2D eigenvalue weighted by Crippen LogP contribution is -2.15. The van der Waals surface area contributed by atoms with Gasteiger partial charge in [0.15, 0.2) is 0 Å². The number of hydrogen-bond donors (Lipinski definition) is 1. The largest absolute Gasteiger partial charge is 0.388 e. The lowest BCUT2D eigenvalue weighted by molar-refractivity contribution is 0.225. The van der Waals surface area contributed by atoms with Gasteiger partial charge in [0.1, 0.15) is 0 Å². The minimum Gasteiger partial charge on any atom is -0.388 e. The molecule has 5 heteroatoms. The Kier molecular flexibility index (Phi) is 7.74. The van der Waals surface area contributed by atoms with Gasteiger partial charge < -0.3 is 14.4 Å². The molecule has 1 aliphatic carbocycles. The molecule has 0 aromatic heterocycles. The molecule has 0 radical (unpaired) electrons. The summed E-state index contributed by atoms with van der Waals surface area (Å²) >= 11 is 0. The smallest absolute Gasteiger partial charge is 0.359 e. The van der Waals surface area contributed by atoms with E-state index in [1.807, 2.05) is 13.8 Å². The summed E-state index contributed by atoms with van der Waals surface area (Å²) in [5.74, 6) is 0. The monoisotopic (exact) mass is 289 g/mol. The Balaban J connectivity index is 2.71. The second kappa shape index (κ2) is 8.78. The van der Waals surface area contributed by atoms with Crippen LogP contribution in [0.1, 0.15) is 59.3 Å². The van der Waals surface area contributed by atoms with E-state index in [1.54, 1.807) is 0 Å². The second-order valence-corrected chi connectivity index (χ2v) is 6.80. The molecular weight excluding hydrogens is 261 g/mol. The van der Waals surface area contributed by atoms with Crippen LogP contribution in [0.4, 0.5) is 0 Å². The van der Waals surface area contributed by atoms with Gasteiger partial charge in [-0.05, 0) is 39.5 Å². The van der Waals surface area contributed by atoms with Gasteiger partial charge in [0, 0.05) is 12.2 Å². The first-order chi connectivity index (χ1) is 9.18. The maximum atomic E-state index is 12.8. The minimum absolute atomic E-state index is 0.421. The van der Waals surface area contributed by atoms with E-state index in [0.29, 0.717) is 13.2 Å². The molecule has 0 aliphatic heterocycles. The standard InChI is InChI=1S/C14H28NO3P/c1-4-7-8-12-15-13-10-9-11-14(13)19(16,17-5-2)18-6-3/h15H,4-12H2,1-3H3. The molecule has 1 aliphatic rings. The van der Waals surface area contributed by atoms with Gasteiger partial charge in [0.25, 0.3) is 0 Å². The molecule has 0 saturated heterocycles. The molecule has 0 bridgehead atoms. The van der Waals surface area contributed by atoms with Gasteiger partial charge in [0.05, 0.1) is 18.5 Å². The first-order valence-corrected chi connectivity index (χ1v) is 9.07. The predicted octanol–water partition coefficient (Wildman–Crippen LogP) is 4.43. The van der Waals surface area contributed by atoms with Gasteiger partial charge >= 0.3 is 7.60 Å². The SMILES string of the molecule is CCCCCNC1=C(P(=O)(OCC)OCC)CCC1. The summed E-state index contributed by atoms with van der Waals surface area (Å²) < 4.78 is 23.7. The fourth-order valence-corrected chi connectivity index (χ4v) is 4.39. The molecule has 0 aromatic carbocycles. The van der Waals surface area contributed by atoms with Crippen molar-refractivity contribution in [3.63, 3.8) is 0 Å². The van der Waals surface area contributed by atoms with Gasteiger partial charge in [0.2, 0.25) is 0 Å². The minimum atomic E-state index is -3.06. The van der Waals surface area contributed by atoms with E-state index in [0.717, 1.165) is 43.2 Å². The van der Waals surface area contributed by atoms with Gasteiger partial charge in [-0.2, -0.15) is 0 Å². The van der Waals surface area contributed by atoms with Crippen LogP contribution >= 0.6 is 7.60 Å². The van der Waals surface area contributed by atoms with Crippen molar-refractivity contribution in [3.8, 4) is 0 Å². The van der Waals surface area contributed by atoms with E-state index in [4.69, 9.17) is 9.05 Å². The molecule has 112 valence electrons. The molecule has 0 fully saturated rings. The number of hydrogen-bond acceptors (Lipinski definition) is 4. The molecule has 0 spiro atoms. The Labute approximate surface area is 117 Å². The molecule has 4 nitrogen and oxygen atoms in total. The fourth-order valence-electron chi connectivity index (χ4n) is 2.37. The zero-order valence-electron chi connectivity index (χ0n) is 12.5. The van der Waals surface area contributed by atoms with Crippen molar-refractivity contribution in [2.45, 2.75) is 59.3 Å². The zero-order chi connectivity index (χ0) is 14.1. The molecule has 1 N–H and O–H groups in total. The Morgan fingerprint density at radius 3 is 2.37 bits per heavy atom. The predicted molar refractivity (Wildman–Crippen MR) is 79.3 cm³/mol. The van der Waals surface area contributed by atoms with Gasteiger partial charge in [-0.1, -0.05) is 19.8 Å². The summed E-state index contributed by atoms with van der Waals surface area (Å²) in [4.78, 5) is 0. The van der Waals surface area contributed by atoms with Crippen molar-refractivity contribution in [2.24, 2.45) is 0 Å². The maximum absolute atomic E-state index is 12.8. The van der Waals surface area contributed by atoms with Crippen molar-refractivity contribution >= 4 is 7.60 Å². The maximum Gasteiger partial charge on any atom is 0.359 e. The Morgan fingerprint density at radius 2 is 1.79 bits per heavy atom. The average Bonchev–Trinajstić information content (AvgIpc) is 2.84. The molecule has 0 atom stereocenters. The van der Waals surface area contributed by atoms with E-state index in [-0.39, 0.29) is 0 Å². The molecule has 19 heavy (non-hydrogen) atoms. The first kappa shape index (κ1) is 16.7. The molecule has 0 unspecified atom stereocenters. The van der Waals surface area contributed by atoms with Crippen LogP contribution in [0, 0.1) is 0 Å². The van der Waals surface area contributed by atoms with Crippen LogP contribution in [0.2, 0.25) is 0 Å². The quantitative estimate of drug-likeness (QED) is 0.477. The van der Waals surface area contributed by atoms with E-state index in [1.165, 1.54) is 12.8 Å². The Bertz CT molecular complexity index is 332. The number of rotatable bonds is 10. The summed E-state index contributed by atoms with van der Waals surface area (Å²) in [5, 5.41) is 4.32. The third kappa shape index (κ3) is 4.94. The highest BCUT2D eigenvalue weighted by atomic mass is 31.2. The fraction of sp³-hybridized carbons (Fsp3) is 0.857. The third-order valence-corrected chi connectivity index (χ3v) is 5.59. The number of unbranched alkanes of at least 4 members (excludes halogenated alkanes) is 2. The van der Waals surface area contributed by atoms with Crippen LogP contribution < -0.4 is 5.32 Å². The molecule has 0 heterocycles. The molecule has 0 saturated carbocycles. The molecule has 0 aromatic rings. The summed E-state index contributed by atoms with van der Waals surface area (Å²) in [5.41, 5.74) is 1.10. The van der Waals surface area contributed by atoms with Gasteiger partial charge in [-0.25, -0.2) is 0 Å². The van der Waals surface area contributed by atoms with Crippen molar-refractivity contribution in [3.05, 3.63) is 11.0 Å². The molecular formula is C14H28NO3P. The van der Waals surface area contributed by atoms with E-state index < -0.39 is 7.60 Å². The van der Waals surface area contributed by atoms with Crippen molar-refractivity contribution in [1.82, 2.24) is 5.32 Å². The van der Waals surface area contributed by atoms with Crippen LogP contribution in [0.5, 0.6) is 0 Å². The lowest BCUT2D eigenvalue weighted by atomic mass is 10.2. The van der Waals surface area contributed by atoms with Crippen molar-refractivity contribution < 1.29 is 13.6 Å². The Morgan fingerprint density at radius 1 is 1.11 bits per heavy atom. The summed E-state index contributed by atoms with van der Waals surface area (Å²) in [6.07, 6.45) is 6.42. The second-order valence-electron chi connectivity index (χ2n) is 4.75. The topological polar surface area (TPSA) is 47.6 Å². The van der Waals surface area contributed by atoms with E-state index in [2.05, 4.69) is 12.2 Å². The third-order valence-electron chi connectivity index (χ3n) is 3.24. The van der Waals surface area contributed by atoms with Crippen LogP contribution in [-0.4, -0.2) is 19.8 Å². The molecule has 0 amide bonds. The average molecular weight is 289 g/mol. The highest BCUT2D eigenvalue weighted by molar-refractivity contribution is 7.58. The summed E-state index contributed by atoms with van der Waals surface area (Å²) in [6, 6.07) is 0. The van der Waals surface area contributed by atoms with Crippen molar-refractivity contribution in [2.75, 3.05) is 19.8 Å². The lowest BCUT2D eigenvalue weighted by Gasteiger charge is -2.20. The van der Waals surface area contributed by atoms with Gasteiger partial charge in [-0.15, -0.1) is 0 Å². The van der Waals surface area contributed by atoms with Gasteiger partial charge in [-0.3, -0.25) is 4.57 Å². The first-order valence-electron chi connectivity index (χ1n) is 7.53. The zero-order valence-corrected chi connectivity index (χ0v) is 13.4. The van der Waals surface area contributed by atoms with Crippen LogP contribution in [0.25, 0.3) is 0 Å². The van der Waals surface area contributed by atoms with Crippen molar-refractivity contribution in [1.29, 1.82) is 0 Å². The number of nitrogens with one attached hydrogen (secondary N) is 1. The van der Waals surface area contributed by atoms with Crippen LogP contribution in [0.15, 0.2) is 11.0 Å². The number of allylic oxidation sites excluding steroid dienone is 2. The van der Waals surface area contributed by atoms with Crippen LogP contribution in [-0.2, 0) is 13.6 Å². The summed E-state index contributed by atoms with van der Waals surface area (Å²) in [7, 11) is -3.06.